The lowest BCUT2D eigenvalue weighted by atomic mass is 9.94. The maximum Gasteiger partial charge on any atom is 0.187 e. The molecule has 6 nitrogen and oxygen atoms in total. The van der Waals surface area contributed by atoms with Gasteiger partial charge >= 0.3 is 0 Å². The number of hydrogen-bond donors (Lipinski definition) is 0. The van der Waals surface area contributed by atoms with E-state index in [1.165, 1.54) is 11.4 Å². The van der Waals surface area contributed by atoms with Crippen molar-refractivity contribution in [2.75, 3.05) is 82.0 Å². The molecule has 3 aliphatic rings. The van der Waals surface area contributed by atoms with Crippen LogP contribution in [0, 0.1) is 0 Å². The Hall–Kier alpha value is -2.93. The fourth-order valence-corrected chi connectivity index (χ4v) is 4.94. The molecule has 2 aromatic rings. The molecule has 3 fully saturated rings. The highest BCUT2D eigenvalue weighted by Crippen LogP contribution is 2.25. The number of ketones is 1. The number of ether oxygens (including phenoxy) is 2. The normalized spacial score (nSPS) is 22.3. The van der Waals surface area contributed by atoms with Crippen LogP contribution in [0.3, 0.4) is 0 Å². The fourth-order valence-electron chi connectivity index (χ4n) is 4.94. The van der Waals surface area contributed by atoms with Crippen LogP contribution in [0.2, 0.25) is 0 Å². The van der Waals surface area contributed by atoms with Gasteiger partial charge in [0.05, 0.1) is 26.4 Å². The monoisotopic (exact) mass is 473 g/mol. The van der Waals surface area contributed by atoms with E-state index in [0.29, 0.717) is 13.1 Å². The van der Waals surface area contributed by atoms with Gasteiger partial charge in [-0.1, -0.05) is 31.2 Å². The Balaban J connectivity index is 1.32. The van der Waals surface area contributed by atoms with Crippen LogP contribution >= 0.6 is 0 Å². The summed E-state index contributed by atoms with van der Waals surface area (Å²) in [5.41, 5.74) is 6.26. The Labute approximate surface area is 208 Å². The second kappa shape index (κ2) is 11.2. The molecule has 0 bridgehead atoms. The summed E-state index contributed by atoms with van der Waals surface area (Å²) in [5.74, 6) is 0.157. The van der Waals surface area contributed by atoms with Crippen LogP contribution in [0.15, 0.2) is 59.7 Å². The number of anilines is 2. The summed E-state index contributed by atoms with van der Waals surface area (Å²) < 4.78 is 10.9. The van der Waals surface area contributed by atoms with Crippen molar-refractivity contribution in [2.24, 2.45) is 0 Å². The Kier molecular flexibility index (Phi) is 7.62. The number of likely N-dealkylation sites (N-methyl/N-ethyl adjacent to an activating group) is 1. The van der Waals surface area contributed by atoms with Crippen molar-refractivity contribution < 1.29 is 14.3 Å². The second-order valence-corrected chi connectivity index (χ2v) is 9.35. The number of piperidine rings is 1. The molecule has 3 aliphatic heterocycles. The zero-order chi connectivity index (χ0) is 24.0. The van der Waals surface area contributed by atoms with Gasteiger partial charge in [0.15, 0.2) is 5.78 Å². The number of morpholine rings is 2. The minimum absolute atomic E-state index is 0.157. The molecular formula is C29H35N3O3. The van der Waals surface area contributed by atoms with Crippen molar-refractivity contribution in [3.63, 3.8) is 0 Å². The zero-order valence-electron chi connectivity index (χ0n) is 20.6. The highest BCUT2D eigenvalue weighted by Gasteiger charge is 2.25. The molecule has 0 atom stereocenters. The summed E-state index contributed by atoms with van der Waals surface area (Å²) >= 11 is 0. The van der Waals surface area contributed by atoms with Crippen molar-refractivity contribution in [3.05, 3.63) is 70.8 Å². The molecule has 0 amide bonds. The topological polar surface area (TPSA) is 45.2 Å². The molecule has 6 heteroatoms. The van der Waals surface area contributed by atoms with Crippen molar-refractivity contribution in [1.29, 1.82) is 0 Å². The maximum atomic E-state index is 13.4. The van der Waals surface area contributed by atoms with Gasteiger partial charge < -0.3 is 19.3 Å². The lowest BCUT2D eigenvalue weighted by Crippen LogP contribution is -2.37. The van der Waals surface area contributed by atoms with Crippen molar-refractivity contribution in [2.45, 2.75) is 6.92 Å². The van der Waals surface area contributed by atoms with Crippen molar-refractivity contribution in [3.8, 4) is 0 Å². The molecule has 0 aliphatic carbocycles. The summed E-state index contributed by atoms with van der Waals surface area (Å²) in [4.78, 5) is 20.4. The average Bonchev–Trinajstić information content (AvgIpc) is 2.92. The quantitative estimate of drug-likeness (QED) is 0.617. The number of Topliss-reactive ketones (excluding diaryl/α,β-unsaturated/α-hetero) is 1. The maximum absolute atomic E-state index is 13.4. The average molecular weight is 474 g/mol. The number of benzene rings is 2. The minimum Gasteiger partial charge on any atom is -0.378 e. The molecule has 0 aromatic heterocycles. The van der Waals surface area contributed by atoms with Gasteiger partial charge in [-0.05, 0) is 54.1 Å². The molecule has 5 rings (SSSR count). The Morgan fingerprint density at radius 2 is 1.09 bits per heavy atom. The first-order valence-corrected chi connectivity index (χ1v) is 12.7. The van der Waals surface area contributed by atoms with Crippen LogP contribution in [-0.4, -0.2) is 82.9 Å². The highest BCUT2D eigenvalue weighted by atomic mass is 16.5. The van der Waals surface area contributed by atoms with Crippen LogP contribution in [0.1, 0.15) is 18.1 Å². The Morgan fingerprint density at radius 3 is 1.46 bits per heavy atom. The van der Waals surface area contributed by atoms with Crippen molar-refractivity contribution in [1.82, 2.24) is 4.90 Å². The minimum atomic E-state index is 0.157. The highest BCUT2D eigenvalue weighted by molar-refractivity contribution is 6.14. The van der Waals surface area contributed by atoms with Gasteiger partial charge in [0.25, 0.3) is 0 Å². The van der Waals surface area contributed by atoms with E-state index < -0.39 is 0 Å². The number of rotatable bonds is 5. The van der Waals surface area contributed by atoms with Gasteiger partial charge in [0.2, 0.25) is 0 Å². The molecule has 0 spiro atoms. The van der Waals surface area contributed by atoms with E-state index in [4.69, 9.17) is 9.47 Å². The summed E-state index contributed by atoms with van der Waals surface area (Å²) in [6, 6.07) is 17.1. The third kappa shape index (κ3) is 5.84. The number of carbonyl (C=O) groups excluding carboxylic acids is 1. The molecule has 184 valence electrons. The van der Waals surface area contributed by atoms with Crippen LogP contribution in [-0.2, 0) is 14.3 Å². The number of likely N-dealkylation sites (tertiary alicyclic amines) is 1. The first-order chi connectivity index (χ1) is 17.2. The van der Waals surface area contributed by atoms with Gasteiger partial charge in [-0.3, -0.25) is 9.69 Å². The van der Waals surface area contributed by atoms with Gasteiger partial charge in [-0.15, -0.1) is 0 Å². The third-order valence-electron chi connectivity index (χ3n) is 7.04. The van der Waals surface area contributed by atoms with E-state index >= 15 is 0 Å². The Bertz CT molecular complexity index is 980. The molecular weight excluding hydrogens is 438 g/mol. The summed E-state index contributed by atoms with van der Waals surface area (Å²) in [6.45, 7) is 11.2. The number of nitrogens with zero attached hydrogens (tertiary/aromatic N) is 3. The SMILES string of the molecule is CCN1C/C(=C/c2ccc(N3CCOCC3)cc2)C(=O)/C(=C/c2ccc(N3CCOCC3)cc2)C1. The van der Waals surface area contributed by atoms with E-state index in [2.05, 4.69) is 82.3 Å². The van der Waals surface area contributed by atoms with E-state index in [0.717, 1.165) is 81.4 Å². The zero-order valence-corrected chi connectivity index (χ0v) is 20.6. The van der Waals surface area contributed by atoms with Crippen LogP contribution in [0.5, 0.6) is 0 Å². The second-order valence-electron chi connectivity index (χ2n) is 9.35. The van der Waals surface area contributed by atoms with Crippen LogP contribution in [0.25, 0.3) is 12.2 Å². The molecule has 0 unspecified atom stereocenters. The summed E-state index contributed by atoms with van der Waals surface area (Å²) in [5, 5.41) is 0. The molecule has 2 aromatic carbocycles. The standard InChI is InChI=1S/C29H35N3O3/c1-2-30-21-25(19-23-3-7-27(8-4-23)31-11-15-34-16-12-31)29(33)26(22-30)20-24-5-9-28(10-6-24)32-13-17-35-18-14-32/h3-10,19-20H,2,11-18,21-22H2,1H3/b25-19-,26-20+. The number of hydrogen-bond acceptors (Lipinski definition) is 6. The molecule has 3 saturated heterocycles. The first kappa shape index (κ1) is 23.8. The van der Waals surface area contributed by atoms with Gasteiger partial charge in [0, 0.05) is 61.8 Å². The third-order valence-corrected chi connectivity index (χ3v) is 7.04. The smallest absolute Gasteiger partial charge is 0.187 e. The predicted octanol–water partition coefficient (Wildman–Crippen LogP) is 3.73. The van der Waals surface area contributed by atoms with Gasteiger partial charge in [0.1, 0.15) is 0 Å². The molecule has 0 saturated carbocycles. The van der Waals surface area contributed by atoms with E-state index in [-0.39, 0.29) is 5.78 Å². The van der Waals surface area contributed by atoms with Gasteiger partial charge in [-0.25, -0.2) is 0 Å². The fraction of sp³-hybridized carbons (Fsp3) is 0.414. The lowest BCUT2D eigenvalue weighted by molar-refractivity contribution is -0.113. The molecule has 0 radical (unpaired) electrons. The summed E-state index contributed by atoms with van der Waals surface area (Å²) in [7, 11) is 0. The molecule has 3 heterocycles. The van der Waals surface area contributed by atoms with Crippen LogP contribution in [0.4, 0.5) is 11.4 Å². The van der Waals surface area contributed by atoms with Crippen LogP contribution < -0.4 is 9.80 Å². The Morgan fingerprint density at radius 1 is 0.686 bits per heavy atom. The number of carbonyl (C=O) groups is 1. The predicted molar refractivity (Wildman–Crippen MR) is 142 cm³/mol. The van der Waals surface area contributed by atoms with E-state index in [1.807, 2.05) is 0 Å². The first-order valence-electron chi connectivity index (χ1n) is 12.7. The van der Waals surface area contributed by atoms with Crippen molar-refractivity contribution >= 4 is 29.3 Å². The van der Waals surface area contributed by atoms with E-state index in [9.17, 15) is 4.79 Å². The van der Waals surface area contributed by atoms with Gasteiger partial charge in [-0.2, -0.15) is 0 Å². The van der Waals surface area contributed by atoms with E-state index in [1.54, 1.807) is 0 Å². The molecule has 35 heavy (non-hydrogen) atoms. The largest absolute Gasteiger partial charge is 0.378 e. The molecule has 0 N–H and O–H groups in total. The summed E-state index contributed by atoms with van der Waals surface area (Å²) in [6.07, 6.45) is 4.12. The lowest BCUT2D eigenvalue weighted by Gasteiger charge is -2.29.